The van der Waals surface area contributed by atoms with Gasteiger partial charge < -0.3 is 0 Å². The summed E-state index contributed by atoms with van der Waals surface area (Å²) in [6.07, 6.45) is 0. The minimum Gasteiger partial charge on any atom is -0.232 e. The van der Waals surface area contributed by atoms with Gasteiger partial charge in [0.15, 0.2) is 0 Å². The van der Waals surface area contributed by atoms with E-state index < -0.39 is 10.0 Å². The normalized spacial score (nSPS) is 12.8. The molecule has 38 heavy (non-hydrogen) atoms. The summed E-state index contributed by atoms with van der Waals surface area (Å²) >= 11 is 11.3. The van der Waals surface area contributed by atoms with E-state index in [1.807, 2.05) is 104 Å². The van der Waals surface area contributed by atoms with Crippen molar-refractivity contribution in [3.8, 4) is 0 Å². The van der Waals surface area contributed by atoms with E-state index in [1.54, 1.807) is 12.1 Å². The maximum absolute atomic E-state index is 14.4. The third kappa shape index (κ3) is 4.46. The predicted octanol–water partition coefficient (Wildman–Crippen LogP) is 8.42. The van der Waals surface area contributed by atoms with Crippen molar-refractivity contribution in [2.24, 2.45) is 0 Å². The number of hydrogen-bond acceptors (Lipinski definition) is 3. The molecule has 6 aromatic rings. The molecule has 3 nitrogen and oxygen atoms in total. The zero-order valence-electron chi connectivity index (χ0n) is 20.2. The largest absolute Gasteiger partial charge is 0.268 e. The van der Waals surface area contributed by atoms with Crippen molar-refractivity contribution in [2.45, 2.75) is 16.7 Å². The van der Waals surface area contributed by atoms with Crippen LogP contribution in [0.2, 0.25) is 5.02 Å². The fraction of sp³-hybridized carbons (Fsp3) is 0.0323. The number of rotatable bonds is 5. The summed E-state index contributed by atoms with van der Waals surface area (Å²) in [5, 5.41) is 4.04. The molecule has 0 aliphatic heterocycles. The lowest BCUT2D eigenvalue weighted by Crippen LogP contribution is -2.27. The third-order valence-electron chi connectivity index (χ3n) is 6.47. The molecule has 0 unspecified atom stereocenters. The van der Waals surface area contributed by atoms with Crippen molar-refractivity contribution in [3.63, 3.8) is 0 Å². The van der Waals surface area contributed by atoms with Gasteiger partial charge in [0.1, 0.15) is 0 Å². The van der Waals surface area contributed by atoms with E-state index in [1.165, 1.54) is 15.7 Å². The van der Waals surface area contributed by atoms with Crippen molar-refractivity contribution in [1.29, 1.82) is 0 Å². The molecule has 6 rings (SSSR count). The average molecular weight is 619 g/mol. The van der Waals surface area contributed by atoms with Crippen molar-refractivity contribution in [2.75, 3.05) is 0 Å². The Morgan fingerprint density at radius 1 is 0.816 bits per heavy atom. The summed E-state index contributed by atoms with van der Waals surface area (Å²) in [5.41, 5.74) is 2.53. The van der Waals surface area contributed by atoms with E-state index in [4.69, 9.17) is 11.6 Å². The Bertz CT molecular complexity index is 1960. The number of aryl methyl sites for hydroxylation is 1. The topological polar surface area (TPSA) is 39.1 Å². The smallest absolute Gasteiger partial charge is 0.232 e. The van der Waals surface area contributed by atoms with Crippen molar-refractivity contribution in [1.82, 2.24) is 3.97 Å². The summed E-state index contributed by atoms with van der Waals surface area (Å²) in [7, 11) is -3.95. The van der Waals surface area contributed by atoms with Gasteiger partial charge in [-0.25, -0.2) is 12.4 Å². The monoisotopic (exact) mass is 617 g/mol. The number of nitrogens with zero attached hydrogens (tertiary/aromatic N) is 1. The van der Waals surface area contributed by atoms with E-state index in [0.29, 0.717) is 15.9 Å². The number of aromatic nitrogens is 1. The van der Waals surface area contributed by atoms with Crippen LogP contribution in [0, 0.1) is 6.92 Å². The van der Waals surface area contributed by atoms with Gasteiger partial charge in [0.05, 0.1) is 15.8 Å². The molecule has 0 aliphatic rings. The van der Waals surface area contributed by atoms with Gasteiger partial charge in [-0.1, -0.05) is 99.5 Å². The molecule has 0 atom stereocenters. The van der Waals surface area contributed by atoms with Gasteiger partial charge >= 0.3 is 0 Å². The molecule has 0 fully saturated rings. The van der Waals surface area contributed by atoms with Crippen LogP contribution in [-0.2, 0) is 10.0 Å². The first-order valence-electron chi connectivity index (χ1n) is 11.9. The Labute approximate surface area is 238 Å². The van der Waals surface area contributed by atoms with Gasteiger partial charge in [-0.15, -0.1) is 0 Å². The highest BCUT2D eigenvalue weighted by molar-refractivity contribution is 9.10. The summed E-state index contributed by atoms with van der Waals surface area (Å²) in [6.45, 7) is 1.95. The van der Waals surface area contributed by atoms with Gasteiger partial charge in [0.2, 0.25) is 0 Å². The highest BCUT2D eigenvalue weighted by atomic mass is 79.9. The zero-order valence-corrected chi connectivity index (χ0v) is 24.2. The van der Waals surface area contributed by atoms with Crippen LogP contribution in [0.1, 0.15) is 11.1 Å². The van der Waals surface area contributed by atoms with E-state index in [9.17, 15) is 8.42 Å². The summed E-state index contributed by atoms with van der Waals surface area (Å²) < 4.78 is 31.3. The molecule has 0 saturated heterocycles. The SMILES string of the molecule is Cc1ccc(S(=O)(=O)n2/c(=C(/Sc3ccc(Br)cc3)c3ccc(Cl)cc3)c3cccc4cccc2c43)cc1. The third-order valence-corrected chi connectivity index (χ3v) is 10.1. The van der Waals surface area contributed by atoms with Crippen LogP contribution < -0.4 is 5.35 Å². The van der Waals surface area contributed by atoms with Crippen LogP contribution in [0.4, 0.5) is 0 Å². The number of hydrogen-bond donors (Lipinski definition) is 0. The second-order valence-electron chi connectivity index (χ2n) is 9.00. The van der Waals surface area contributed by atoms with Crippen molar-refractivity contribution >= 4 is 75.9 Å². The second-order valence-corrected chi connectivity index (χ2v) is 13.2. The summed E-state index contributed by atoms with van der Waals surface area (Å²) in [6, 6.07) is 34.4. The molecule has 0 radical (unpaired) electrons. The lowest BCUT2D eigenvalue weighted by Gasteiger charge is -2.13. The van der Waals surface area contributed by atoms with E-state index in [2.05, 4.69) is 15.9 Å². The lowest BCUT2D eigenvalue weighted by molar-refractivity contribution is 0.588. The first-order chi connectivity index (χ1) is 18.3. The molecular formula is C31H21BrClNO2S2. The van der Waals surface area contributed by atoms with E-state index in [-0.39, 0.29) is 4.90 Å². The fourth-order valence-corrected chi connectivity index (χ4v) is 7.70. The first kappa shape index (κ1) is 25.3. The summed E-state index contributed by atoms with van der Waals surface area (Å²) in [4.78, 5) is 2.05. The van der Waals surface area contributed by atoms with Gasteiger partial charge in [0.25, 0.3) is 10.0 Å². The van der Waals surface area contributed by atoms with Gasteiger partial charge in [-0.05, 0) is 72.5 Å². The number of halogens is 2. The highest BCUT2D eigenvalue weighted by Crippen LogP contribution is 2.36. The Balaban J connectivity index is 1.80. The average Bonchev–Trinajstić information content (AvgIpc) is 3.26. The molecule has 0 saturated carbocycles. The summed E-state index contributed by atoms with van der Waals surface area (Å²) in [5.74, 6) is 0. The zero-order chi connectivity index (χ0) is 26.4. The van der Waals surface area contributed by atoms with Gasteiger partial charge in [-0.3, -0.25) is 0 Å². The molecular weight excluding hydrogens is 598 g/mol. The molecule has 1 heterocycles. The Kier molecular flexibility index (Phi) is 6.60. The molecule has 0 N–H and O–H groups in total. The van der Waals surface area contributed by atoms with Crippen molar-refractivity contribution < 1.29 is 8.42 Å². The standard InChI is InChI=1S/C31H21BrClNO2S2/c1-20-8-18-26(19-9-20)38(35,36)34-28-7-3-5-21-4-2-6-27(29(21)28)30(34)31(22-10-14-24(33)15-11-22)37-25-16-12-23(32)13-17-25/h2-19H,1H3/b31-30+. The fourth-order valence-electron chi connectivity index (χ4n) is 4.66. The first-order valence-corrected chi connectivity index (χ1v) is 15.3. The molecule has 1 aromatic heterocycles. The molecule has 0 spiro atoms. The van der Waals surface area contributed by atoms with Crippen LogP contribution in [-0.4, -0.2) is 12.4 Å². The predicted molar refractivity (Wildman–Crippen MR) is 162 cm³/mol. The quantitative estimate of drug-likeness (QED) is 0.182. The number of benzene rings is 5. The van der Waals surface area contributed by atoms with Crippen LogP contribution in [0.5, 0.6) is 0 Å². The molecule has 0 amide bonds. The molecule has 5 aromatic carbocycles. The second kappa shape index (κ2) is 9.93. The Morgan fingerprint density at radius 2 is 1.47 bits per heavy atom. The minimum atomic E-state index is -3.95. The van der Waals surface area contributed by atoms with E-state index in [0.717, 1.165) is 41.6 Å². The lowest BCUT2D eigenvalue weighted by atomic mass is 10.1. The van der Waals surface area contributed by atoms with Crippen LogP contribution in [0.3, 0.4) is 0 Å². The molecule has 7 heteroatoms. The maximum Gasteiger partial charge on any atom is 0.268 e. The minimum absolute atomic E-state index is 0.245. The van der Waals surface area contributed by atoms with Gasteiger partial charge in [-0.2, -0.15) is 0 Å². The van der Waals surface area contributed by atoms with E-state index >= 15 is 0 Å². The molecule has 0 bridgehead atoms. The molecule has 188 valence electrons. The van der Waals surface area contributed by atoms with Crippen LogP contribution >= 0.6 is 39.3 Å². The molecule has 0 aliphatic carbocycles. The Hall–Kier alpha value is -3.03. The van der Waals surface area contributed by atoms with Crippen molar-refractivity contribution in [3.05, 3.63) is 135 Å². The van der Waals surface area contributed by atoms with Crippen LogP contribution in [0.25, 0.3) is 26.6 Å². The maximum atomic E-state index is 14.4. The highest BCUT2D eigenvalue weighted by Gasteiger charge is 2.25. The Morgan fingerprint density at radius 3 is 2.16 bits per heavy atom. The van der Waals surface area contributed by atoms with Gasteiger partial charge in [0, 0.05) is 30.1 Å². The van der Waals surface area contributed by atoms with Crippen LogP contribution in [0.15, 0.2) is 123 Å². The number of thioether (sulfide) groups is 1.